The Labute approximate surface area is 163 Å². The van der Waals surface area contributed by atoms with Crippen molar-refractivity contribution in [3.05, 3.63) is 35.4 Å². The highest BCUT2D eigenvalue weighted by Gasteiger charge is 2.14. The molecule has 2 rings (SSSR count). The predicted molar refractivity (Wildman–Crippen MR) is 109 cm³/mol. The number of hydrogen-bond donors (Lipinski definition) is 2. The van der Waals surface area contributed by atoms with Crippen LogP contribution in [-0.2, 0) is 27.4 Å². The summed E-state index contributed by atoms with van der Waals surface area (Å²) in [5.41, 5.74) is 2.39. The van der Waals surface area contributed by atoms with Crippen LogP contribution in [0.25, 0.3) is 0 Å². The number of ether oxygens (including phenoxy) is 3. The fraction of sp³-hybridized carbons (Fsp3) is 0.667. The van der Waals surface area contributed by atoms with Gasteiger partial charge in [0.25, 0.3) is 0 Å². The zero-order valence-corrected chi connectivity index (χ0v) is 16.8. The maximum absolute atomic E-state index is 5.70. The minimum atomic E-state index is 0.300. The highest BCUT2D eigenvalue weighted by Crippen LogP contribution is 2.12. The largest absolute Gasteiger partial charge is 0.379 e. The maximum atomic E-state index is 5.70. The van der Waals surface area contributed by atoms with Gasteiger partial charge in [0.2, 0.25) is 0 Å². The van der Waals surface area contributed by atoms with Crippen molar-refractivity contribution in [3.63, 3.8) is 0 Å². The van der Waals surface area contributed by atoms with Gasteiger partial charge in [0.05, 0.1) is 25.9 Å². The maximum Gasteiger partial charge on any atom is 0.191 e. The first-order valence-electron chi connectivity index (χ1n) is 10.2. The molecule has 6 heteroatoms. The number of rotatable bonds is 12. The van der Waals surface area contributed by atoms with Crippen molar-refractivity contribution in [2.75, 3.05) is 39.5 Å². The third kappa shape index (κ3) is 8.73. The van der Waals surface area contributed by atoms with E-state index >= 15 is 0 Å². The Morgan fingerprint density at radius 1 is 1.19 bits per heavy atom. The molecule has 0 spiro atoms. The standard InChI is InChI=1S/C21H35N3O3/c1-3-22-21(23-12-8-13-26-17-20-11-7-14-27-20)24-15-18-9-5-6-10-19(18)16-25-4-2/h5-6,9-10,20H,3-4,7-8,11-17H2,1-2H3,(H2,22,23,24). The minimum absolute atomic E-state index is 0.300. The molecule has 1 unspecified atom stereocenters. The Balaban J connectivity index is 1.71. The third-order valence-electron chi connectivity index (χ3n) is 4.42. The van der Waals surface area contributed by atoms with E-state index in [4.69, 9.17) is 19.2 Å². The first kappa shape index (κ1) is 21.7. The van der Waals surface area contributed by atoms with Gasteiger partial charge in [-0.05, 0) is 44.2 Å². The lowest BCUT2D eigenvalue weighted by Gasteiger charge is -2.13. The second kappa shape index (κ2) is 13.5. The average Bonchev–Trinajstić information content (AvgIpc) is 3.21. The predicted octanol–water partition coefficient (Wildman–Crippen LogP) is 2.86. The Hall–Kier alpha value is -1.63. The molecular formula is C21H35N3O3. The zero-order valence-electron chi connectivity index (χ0n) is 16.8. The van der Waals surface area contributed by atoms with E-state index in [1.54, 1.807) is 0 Å². The van der Waals surface area contributed by atoms with Crippen LogP contribution < -0.4 is 10.6 Å². The molecule has 1 atom stereocenters. The monoisotopic (exact) mass is 377 g/mol. The Bertz CT molecular complexity index is 545. The van der Waals surface area contributed by atoms with Crippen LogP contribution in [0.4, 0.5) is 0 Å². The van der Waals surface area contributed by atoms with Crippen LogP contribution in [-0.4, -0.2) is 51.6 Å². The summed E-state index contributed by atoms with van der Waals surface area (Å²) in [4.78, 5) is 4.71. The average molecular weight is 378 g/mol. The first-order chi connectivity index (χ1) is 13.3. The van der Waals surface area contributed by atoms with Crippen molar-refractivity contribution >= 4 is 5.96 Å². The molecule has 1 fully saturated rings. The van der Waals surface area contributed by atoms with Gasteiger partial charge in [0, 0.05) is 32.9 Å². The van der Waals surface area contributed by atoms with Gasteiger partial charge in [-0.3, -0.25) is 0 Å². The van der Waals surface area contributed by atoms with Gasteiger partial charge in [0.1, 0.15) is 0 Å². The molecule has 6 nitrogen and oxygen atoms in total. The molecule has 1 aromatic rings. The van der Waals surface area contributed by atoms with Gasteiger partial charge in [-0.2, -0.15) is 0 Å². The van der Waals surface area contributed by atoms with Crippen LogP contribution in [0, 0.1) is 0 Å². The van der Waals surface area contributed by atoms with Gasteiger partial charge in [0.15, 0.2) is 5.96 Å². The number of nitrogens with zero attached hydrogens (tertiary/aromatic N) is 1. The van der Waals surface area contributed by atoms with E-state index in [1.165, 1.54) is 11.1 Å². The molecule has 1 heterocycles. The lowest BCUT2D eigenvalue weighted by Crippen LogP contribution is -2.38. The van der Waals surface area contributed by atoms with Gasteiger partial charge in [-0.25, -0.2) is 4.99 Å². The van der Waals surface area contributed by atoms with E-state index in [9.17, 15) is 0 Å². The van der Waals surface area contributed by atoms with Crippen LogP contribution >= 0.6 is 0 Å². The van der Waals surface area contributed by atoms with E-state index in [1.807, 2.05) is 19.1 Å². The van der Waals surface area contributed by atoms with Gasteiger partial charge < -0.3 is 24.8 Å². The van der Waals surface area contributed by atoms with Gasteiger partial charge >= 0.3 is 0 Å². The van der Waals surface area contributed by atoms with Gasteiger partial charge in [-0.15, -0.1) is 0 Å². The second-order valence-corrected chi connectivity index (χ2v) is 6.59. The zero-order chi connectivity index (χ0) is 19.2. The summed E-state index contributed by atoms with van der Waals surface area (Å²) in [6, 6.07) is 8.31. The van der Waals surface area contributed by atoms with Crippen molar-refractivity contribution in [2.45, 2.75) is 52.4 Å². The van der Waals surface area contributed by atoms with Crippen molar-refractivity contribution in [3.8, 4) is 0 Å². The number of hydrogen-bond acceptors (Lipinski definition) is 4. The summed E-state index contributed by atoms with van der Waals surface area (Å²) in [5.74, 6) is 0.836. The lowest BCUT2D eigenvalue weighted by molar-refractivity contribution is 0.0168. The third-order valence-corrected chi connectivity index (χ3v) is 4.42. The number of nitrogens with one attached hydrogen (secondary N) is 2. The normalized spacial score (nSPS) is 17.3. The highest BCUT2D eigenvalue weighted by atomic mass is 16.5. The fourth-order valence-electron chi connectivity index (χ4n) is 2.94. The molecule has 0 radical (unpaired) electrons. The quantitative estimate of drug-likeness (QED) is 0.333. The fourth-order valence-corrected chi connectivity index (χ4v) is 2.94. The Kier molecular flexibility index (Phi) is 10.9. The summed E-state index contributed by atoms with van der Waals surface area (Å²) in [5, 5.41) is 6.68. The highest BCUT2D eigenvalue weighted by molar-refractivity contribution is 5.79. The first-order valence-corrected chi connectivity index (χ1v) is 10.2. The molecule has 0 bridgehead atoms. The molecule has 0 aromatic heterocycles. The summed E-state index contributed by atoms with van der Waals surface area (Å²) >= 11 is 0. The molecule has 152 valence electrons. The van der Waals surface area contributed by atoms with Gasteiger partial charge in [-0.1, -0.05) is 24.3 Å². The van der Waals surface area contributed by atoms with Crippen molar-refractivity contribution in [1.82, 2.24) is 10.6 Å². The number of guanidine groups is 1. The molecule has 0 saturated carbocycles. The van der Waals surface area contributed by atoms with Crippen LogP contribution in [0.3, 0.4) is 0 Å². The Morgan fingerprint density at radius 2 is 2.04 bits per heavy atom. The van der Waals surface area contributed by atoms with E-state index in [2.05, 4.69) is 29.7 Å². The SMILES string of the molecule is CCNC(=NCc1ccccc1COCC)NCCCOCC1CCCO1. The van der Waals surface area contributed by atoms with Crippen molar-refractivity contribution < 1.29 is 14.2 Å². The summed E-state index contributed by atoms with van der Waals surface area (Å²) < 4.78 is 16.8. The van der Waals surface area contributed by atoms with E-state index in [-0.39, 0.29) is 0 Å². The second-order valence-electron chi connectivity index (χ2n) is 6.59. The number of aliphatic imine (C=N–C) groups is 1. The summed E-state index contributed by atoms with van der Waals surface area (Å²) in [7, 11) is 0. The summed E-state index contributed by atoms with van der Waals surface area (Å²) in [6.07, 6.45) is 3.53. The smallest absolute Gasteiger partial charge is 0.191 e. The topological polar surface area (TPSA) is 64.1 Å². The molecule has 1 saturated heterocycles. The van der Waals surface area contributed by atoms with Crippen molar-refractivity contribution in [2.24, 2.45) is 4.99 Å². The Morgan fingerprint density at radius 3 is 2.78 bits per heavy atom. The molecular weight excluding hydrogens is 342 g/mol. The molecule has 0 aliphatic carbocycles. The van der Waals surface area contributed by atoms with Crippen LogP contribution in [0.5, 0.6) is 0 Å². The van der Waals surface area contributed by atoms with E-state index < -0.39 is 0 Å². The van der Waals surface area contributed by atoms with Crippen LogP contribution in [0.15, 0.2) is 29.3 Å². The lowest BCUT2D eigenvalue weighted by atomic mass is 10.1. The van der Waals surface area contributed by atoms with Crippen LogP contribution in [0.1, 0.15) is 44.2 Å². The molecule has 1 aliphatic rings. The molecule has 1 aromatic carbocycles. The molecule has 27 heavy (non-hydrogen) atoms. The van der Waals surface area contributed by atoms with E-state index in [0.29, 0.717) is 25.9 Å². The minimum Gasteiger partial charge on any atom is -0.379 e. The molecule has 1 aliphatic heterocycles. The van der Waals surface area contributed by atoms with E-state index in [0.717, 1.165) is 58.1 Å². The van der Waals surface area contributed by atoms with Crippen LogP contribution in [0.2, 0.25) is 0 Å². The van der Waals surface area contributed by atoms with Crippen molar-refractivity contribution in [1.29, 1.82) is 0 Å². The molecule has 2 N–H and O–H groups in total. The number of benzene rings is 1. The summed E-state index contributed by atoms with van der Waals surface area (Å²) in [6.45, 7) is 10.1. The molecule has 0 amide bonds.